The van der Waals surface area contributed by atoms with E-state index in [1.54, 1.807) is 6.07 Å². The molecular formula is C12H9ClF3N5O. The Kier molecular flexibility index (Phi) is 3.73. The van der Waals surface area contributed by atoms with Crippen LogP contribution in [0.3, 0.4) is 0 Å². The van der Waals surface area contributed by atoms with Crippen molar-refractivity contribution in [2.75, 3.05) is 12.5 Å². The average Bonchev–Trinajstić information content (AvgIpc) is 2.93. The van der Waals surface area contributed by atoms with E-state index in [9.17, 15) is 13.2 Å². The second kappa shape index (κ2) is 5.56. The van der Waals surface area contributed by atoms with Crippen molar-refractivity contribution < 1.29 is 17.9 Å². The van der Waals surface area contributed by atoms with Crippen LogP contribution < -0.4 is 4.74 Å². The molecule has 0 spiro atoms. The van der Waals surface area contributed by atoms with Gasteiger partial charge in [-0.2, -0.15) is 13.2 Å². The summed E-state index contributed by atoms with van der Waals surface area (Å²) in [5.41, 5.74) is 0.133. The number of ether oxygens (including phenoxy) is 1. The molecule has 0 fully saturated rings. The van der Waals surface area contributed by atoms with Crippen molar-refractivity contribution in [3.8, 4) is 5.88 Å². The fraction of sp³-hybridized carbons (Fsp3) is 0.333. The lowest BCUT2D eigenvalue weighted by Gasteiger charge is -2.09. The topological polar surface area (TPSA) is 65.2 Å². The van der Waals surface area contributed by atoms with Crippen molar-refractivity contribution in [2.24, 2.45) is 0 Å². The Morgan fingerprint density at radius 3 is 2.77 bits per heavy atom. The zero-order valence-corrected chi connectivity index (χ0v) is 11.8. The number of rotatable bonds is 4. The molecule has 3 aromatic heterocycles. The van der Waals surface area contributed by atoms with Gasteiger partial charge in [0.15, 0.2) is 5.65 Å². The van der Waals surface area contributed by atoms with Gasteiger partial charge in [-0.25, -0.2) is 14.4 Å². The number of pyridine rings is 1. The van der Waals surface area contributed by atoms with Gasteiger partial charge >= 0.3 is 6.18 Å². The van der Waals surface area contributed by atoms with Gasteiger partial charge in [-0.1, -0.05) is 0 Å². The van der Waals surface area contributed by atoms with Crippen molar-refractivity contribution >= 4 is 28.4 Å². The summed E-state index contributed by atoms with van der Waals surface area (Å²) < 4.78 is 45.4. The van der Waals surface area contributed by atoms with E-state index < -0.39 is 12.0 Å². The van der Waals surface area contributed by atoms with Crippen LogP contribution in [0.4, 0.5) is 13.2 Å². The van der Waals surface area contributed by atoms with E-state index in [-0.39, 0.29) is 29.3 Å². The van der Waals surface area contributed by atoms with Gasteiger partial charge in [-0.15, -0.1) is 21.8 Å². The Balaban J connectivity index is 2.26. The molecule has 6 nitrogen and oxygen atoms in total. The molecule has 116 valence electrons. The fourth-order valence-electron chi connectivity index (χ4n) is 1.93. The van der Waals surface area contributed by atoms with Crippen molar-refractivity contribution in [3.05, 3.63) is 24.2 Å². The molecule has 0 saturated carbocycles. The number of hydrogen-bond acceptors (Lipinski definition) is 5. The van der Waals surface area contributed by atoms with E-state index in [1.807, 2.05) is 0 Å². The van der Waals surface area contributed by atoms with Gasteiger partial charge in [0, 0.05) is 12.1 Å². The highest BCUT2D eigenvalue weighted by molar-refractivity contribution is 6.17. The SMILES string of the molecule is FC(F)(F)c1nnc2c(OCCCCl)nc3cccnc3n12. The third-order valence-electron chi connectivity index (χ3n) is 2.82. The quantitative estimate of drug-likeness (QED) is 0.543. The smallest absolute Gasteiger partial charge is 0.452 e. The Hall–Kier alpha value is -2.16. The molecule has 0 aliphatic heterocycles. The molecule has 0 bridgehead atoms. The Bertz CT molecular complexity index is 819. The first-order valence-corrected chi connectivity index (χ1v) is 6.81. The van der Waals surface area contributed by atoms with Crippen molar-refractivity contribution in [2.45, 2.75) is 12.6 Å². The summed E-state index contributed by atoms with van der Waals surface area (Å²) in [7, 11) is 0. The third kappa shape index (κ3) is 2.52. The number of alkyl halides is 4. The van der Waals surface area contributed by atoms with Crippen LogP contribution in [0, 0.1) is 0 Å². The molecule has 0 atom stereocenters. The monoisotopic (exact) mass is 331 g/mol. The van der Waals surface area contributed by atoms with E-state index in [2.05, 4.69) is 20.2 Å². The van der Waals surface area contributed by atoms with Crippen LogP contribution in [-0.2, 0) is 6.18 Å². The summed E-state index contributed by atoms with van der Waals surface area (Å²) in [4.78, 5) is 8.09. The van der Waals surface area contributed by atoms with Gasteiger partial charge in [0.05, 0.1) is 6.61 Å². The maximum absolute atomic E-state index is 13.1. The molecule has 10 heteroatoms. The molecule has 0 saturated heterocycles. The lowest BCUT2D eigenvalue weighted by atomic mass is 10.4. The number of halogens is 4. The molecule has 0 aromatic carbocycles. The Labute approximate surface area is 126 Å². The largest absolute Gasteiger partial charge is 0.475 e. The standard InChI is InChI=1S/C12H9ClF3N5O/c13-4-2-6-22-10-9-19-20-11(12(14,15)16)21(9)8-7(18-10)3-1-5-17-8/h1,3,5H,2,4,6H2. The molecule has 3 aromatic rings. The first-order chi connectivity index (χ1) is 10.5. The molecule has 0 unspecified atom stereocenters. The van der Waals surface area contributed by atoms with Crippen LogP contribution >= 0.6 is 11.6 Å². The van der Waals surface area contributed by atoms with Gasteiger partial charge in [0.2, 0.25) is 11.5 Å². The summed E-state index contributed by atoms with van der Waals surface area (Å²) in [6, 6.07) is 3.11. The van der Waals surface area contributed by atoms with Crippen molar-refractivity contribution in [3.63, 3.8) is 0 Å². The van der Waals surface area contributed by atoms with Gasteiger partial charge in [-0.3, -0.25) is 0 Å². The van der Waals surface area contributed by atoms with E-state index in [0.29, 0.717) is 12.3 Å². The van der Waals surface area contributed by atoms with Crippen LogP contribution in [0.2, 0.25) is 0 Å². The van der Waals surface area contributed by atoms with E-state index >= 15 is 0 Å². The van der Waals surface area contributed by atoms with E-state index in [1.165, 1.54) is 12.3 Å². The van der Waals surface area contributed by atoms with Gasteiger partial charge in [0.25, 0.3) is 5.88 Å². The van der Waals surface area contributed by atoms with Crippen LogP contribution in [0.15, 0.2) is 18.3 Å². The number of aromatic nitrogens is 5. The normalized spacial score (nSPS) is 12.2. The fourth-order valence-corrected chi connectivity index (χ4v) is 2.04. The van der Waals surface area contributed by atoms with Crippen molar-refractivity contribution in [1.29, 1.82) is 0 Å². The van der Waals surface area contributed by atoms with E-state index in [0.717, 1.165) is 4.40 Å². The summed E-state index contributed by atoms with van der Waals surface area (Å²) in [5, 5.41) is 6.75. The molecule has 0 aliphatic rings. The lowest BCUT2D eigenvalue weighted by molar-refractivity contribution is -0.145. The summed E-state index contributed by atoms with van der Waals surface area (Å²) in [6.45, 7) is 0.214. The number of nitrogens with zero attached hydrogens (tertiary/aromatic N) is 5. The van der Waals surface area contributed by atoms with Crippen LogP contribution in [0.5, 0.6) is 5.88 Å². The zero-order chi connectivity index (χ0) is 15.7. The Morgan fingerprint density at radius 1 is 1.23 bits per heavy atom. The summed E-state index contributed by atoms with van der Waals surface area (Å²) >= 11 is 5.55. The molecular weight excluding hydrogens is 323 g/mol. The van der Waals surface area contributed by atoms with Gasteiger partial charge in [0.1, 0.15) is 5.52 Å². The second-order valence-corrected chi connectivity index (χ2v) is 4.71. The molecule has 0 aliphatic carbocycles. The van der Waals surface area contributed by atoms with E-state index in [4.69, 9.17) is 16.3 Å². The molecule has 0 N–H and O–H groups in total. The minimum atomic E-state index is -4.67. The predicted molar refractivity (Wildman–Crippen MR) is 71.9 cm³/mol. The summed E-state index contributed by atoms with van der Waals surface area (Å²) in [5.74, 6) is -0.837. The van der Waals surface area contributed by atoms with Crippen LogP contribution in [0.25, 0.3) is 16.8 Å². The van der Waals surface area contributed by atoms with Crippen LogP contribution in [-0.4, -0.2) is 37.1 Å². The van der Waals surface area contributed by atoms with Crippen molar-refractivity contribution in [1.82, 2.24) is 24.6 Å². The van der Waals surface area contributed by atoms with Crippen LogP contribution in [0.1, 0.15) is 12.2 Å². The highest BCUT2D eigenvalue weighted by Gasteiger charge is 2.38. The molecule has 0 amide bonds. The average molecular weight is 332 g/mol. The minimum absolute atomic E-state index is 0.0134. The second-order valence-electron chi connectivity index (χ2n) is 4.33. The third-order valence-corrected chi connectivity index (χ3v) is 3.09. The molecule has 22 heavy (non-hydrogen) atoms. The molecule has 3 rings (SSSR count). The predicted octanol–water partition coefficient (Wildman–Crippen LogP) is 2.70. The maximum atomic E-state index is 13.1. The first-order valence-electron chi connectivity index (χ1n) is 6.28. The number of fused-ring (bicyclic) bond motifs is 3. The Morgan fingerprint density at radius 2 is 2.05 bits per heavy atom. The summed E-state index contributed by atoms with van der Waals surface area (Å²) in [6.07, 6.45) is -2.77. The van der Waals surface area contributed by atoms with Gasteiger partial charge < -0.3 is 4.74 Å². The number of hydrogen-bond donors (Lipinski definition) is 0. The molecule has 3 heterocycles. The molecule has 0 radical (unpaired) electrons. The first kappa shape index (κ1) is 14.8. The minimum Gasteiger partial charge on any atom is -0.475 e. The highest BCUT2D eigenvalue weighted by atomic mass is 35.5. The zero-order valence-electron chi connectivity index (χ0n) is 11.0. The lowest BCUT2D eigenvalue weighted by Crippen LogP contribution is -2.12. The van der Waals surface area contributed by atoms with Gasteiger partial charge in [-0.05, 0) is 18.6 Å². The highest BCUT2D eigenvalue weighted by Crippen LogP contribution is 2.31. The maximum Gasteiger partial charge on any atom is 0.452 e.